The first-order chi connectivity index (χ1) is 12.5. The van der Waals surface area contributed by atoms with Gasteiger partial charge in [-0.1, -0.05) is 30.3 Å². The summed E-state index contributed by atoms with van der Waals surface area (Å²) in [6.45, 7) is 0. The second-order valence-corrected chi connectivity index (χ2v) is 6.12. The largest absolute Gasteiger partial charge is 0.299 e. The van der Waals surface area contributed by atoms with E-state index in [0.717, 1.165) is 11.8 Å². The molecule has 2 aromatic carbocycles. The number of hydrogen-bond acceptors (Lipinski definition) is 6. The Bertz CT molecular complexity index is 972. The van der Waals surface area contributed by atoms with E-state index in [4.69, 9.17) is 0 Å². The van der Waals surface area contributed by atoms with Gasteiger partial charge in [-0.3, -0.25) is 20.2 Å². The summed E-state index contributed by atoms with van der Waals surface area (Å²) in [5.41, 5.74) is 0.742. The van der Waals surface area contributed by atoms with Gasteiger partial charge in [0.05, 0.1) is 16.0 Å². The Kier molecular flexibility index (Phi) is 5.18. The van der Waals surface area contributed by atoms with Crippen LogP contribution in [-0.4, -0.2) is 22.2 Å². The van der Waals surface area contributed by atoms with Crippen LogP contribution in [0.2, 0.25) is 0 Å². The minimum atomic E-state index is -0.504. The van der Waals surface area contributed by atoms with Gasteiger partial charge in [0.2, 0.25) is 0 Å². The van der Waals surface area contributed by atoms with Crippen molar-refractivity contribution in [2.75, 3.05) is 0 Å². The van der Waals surface area contributed by atoms with Crippen LogP contribution in [0.3, 0.4) is 0 Å². The SMILES string of the molecule is O=C1N/C(=N\N=C/c2cccc([N+](=O)[O-])c2)S/C1=C\c1ccccc1F. The number of non-ortho nitro benzene ring substituents is 1. The second-order valence-electron chi connectivity index (χ2n) is 5.09. The van der Waals surface area contributed by atoms with E-state index in [1.165, 1.54) is 36.6 Å². The lowest BCUT2D eigenvalue weighted by atomic mass is 10.2. The molecule has 9 heteroatoms. The molecule has 0 atom stereocenters. The molecule has 1 aliphatic rings. The van der Waals surface area contributed by atoms with Crippen molar-refractivity contribution in [3.63, 3.8) is 0 Å². The van der Waals surface area contributed by atoms with Gasteiger partial charge in [0.25, 0.3) is 11.6 Å². The number of hydrogen-bond donors (Lipinski definition) is 1. The van der Waals surface area contributed by atoms with Crippen molar-refractivity contribution in [3.8, 4) is 0 Å². The fourth-order valence-corrected chi connectivity index (χ4v) is 2.84. The third-order valence-electron chi connectivity index (χ3n) is 3.28. The van der Waals surface area contributed by atoms with Crippen molar-refractivity contribution in [2.24, 2.45) is 10.2 Å². The predicted octanol–water partition coefficient (Wildman–Crippen LogP) is 3.33. The molecule has 0 saturated carbocycles. The maximum atomic E-state index is 13.7. The van der Waals surface area contributed by atoms with Gasteiger partial charge >= 0.3 is 0 Å². The highest BCUT2D eigenvalue weighted by Gasteiger charge is 2.24. The molecule has 1 amide bonds. The lowest BCUT2D eigenvalue weighted by Gasteiger charge is -1.96. The van der Waals surface area contributed by atoms with E-state index < -0.39 is 16.6 Å². The number of nitrogens with zero attached hydrogens (tertiary/aromatic N) is 3. The zero-order chi connectivity index (χ0) is 18.5. The van der Waals surface area contributed by atoms with Crippen LogP contribution in [0.5, 0.6) is 0 Å². The first-order valence-electron chi connectivity index (χ1n) is 7.34. The minimum Gasteiger partial charge on any atom is -0.299 e. The average Bonchev–Trinajstić information content (AvgIpc) is 2.97. The zero-order valence-electron chi connectivity index (χ0n) is 13.1. The number of nitro groups is 1. The highest BCUT2D eigenvalue weighted by molar-refractivity contribution is 8.18. The topological polar surface area (TPSA) is 97.0 Å². The number of carbonyl (C=O) groups excluding carboxylic acids is 1. The van der Waals surface area contributed by atoms with Crippen molar-refractivity contribution >= 4 is 40.8 Å². The number of amidine groups is 1. The van der Waals surface area contributed by atoms with E-state index in [-0.39, 0.29) is 10.9 Å². The van der Waals surface area contributed by atoms with Crippen LogP contribution in [0.4, 0.5) is 10.1 Å². The summed E-state index contributed by atoms with van der Waals surface area (Å²) < 4.78 is 13.7. The fourth-order valence-electron chi connectivity index (χ4n) is 2.08. The van der Waals surface area contributed by atoms with Gasteiger partial charge in [0, 0.05) is 23.3 Å². The lowest BCUT2D eigenvalue weighted by Crippen LogP contribution is -2.19. The molecule has 3 rings (SSSR count). The van der Waals surface area contributed by atoms with Crippen LogP contribution in [0.1, 0.15) is 11.1 Å². The maximum absolute atomic E-state index is 13.7. The van der Waals surface area contributed by atoms with Crippen LogP contribution in [0.25, 0.3) is 6.08 Å². The standard InChI is InChI=1S/C17H11FN4O3S/c18-14-7-2-1-5-12(14)9-15-16(23)20-17(26-15)21-19-10-11-4-3-6-13(8-11)22(24)25/h1-10H,(H,20,21,23)/b15-9-,19-10-. The molecular weight excluding hydrogens is 359 g/mol. The molecule has 1 heterocycles. The molecule has 26 heavy (non-hydrogen) atoms. The molecule has 0 aromatic heterocycles. The van der Waals surface area contributed by atoms with E-state index in [2.05, 4.69) is 15.5 Å². The first-order valence-corrected chi connectivity index (χ1v) is 8.15. The molecule has 1 fully saturated rings. The monoisotopic (exact) mass is 370 g/mol. The van der Waals surface area contributed by atoms with Gasteiger partial charge in [-0.25, -0.2) is 4.39 Å². The second kappa shape index (κ2) is 7.70. The summed E-state index contributed by atoms with van der Waals surface area (Å²) in [6, 6.07) is 12.0. The number of carbonyl (C=O) groups is 1. The number of nitrogens with one attached hydrogen (secondary N) is 1. The van der Waals surface area contributed by atoms with Crippen molar-refractivity contribution in [3.05, 3.63) is 80.5 Å². The third-order valence-corrected chi connectivity index (χ3v) is 4.18. The van der Waals surface area contributed by atoms with Gasteiger partial charge in [0.1, 0.15) is 5.82 Å². The predicted molar refractivity (Wildman–Crippen MR) is 98.2 cm³/mol. The highest BCUT2D eigenvalue weighted by Crippen LogP contribution is 2.26. The van der Waals surface area contributed by atoms with Crippen LogP contribution in [-0.2, 0) is 4.79 Å². The van der Waals surface area contributed by atoms with Gasteiger partial charge in [-0.2, -0.15) is 5.10 Å². The Balaban J connectivity index is 1.73. The van der Waals surface area contributed by atoms with Crippen molar-refractivity contribution < 1.29 is 14.1 Å². The minimum absolute atomic E-state index is 0.0553. The van der Waals surface area contributed by atoms with E-state index in [0.29, 0.717) is 16.0 Å². The normalized spacial score (nSPS) is 17.2. The highest BCUT2D eigenvalue weighted by atomic mass is 32.2. The number of halogens is 1. The molecule has 1 N–H and O–H groups in total. The average molecular weight is 370 g/mol. The first kappa shape index (κ1) is 17.5. The molecule has 130 valence electrons. The molecule has 2 aromatic rings. The lowest BCUT2D eigenvalue weighted by molar-refractivity contribution is -0.384. The van der Waals surface area contributed by atoms with E-state index in [9.17, 15) is 19.3 Å². The Morgan fingerprint density at radius 1 is 1.19 bits per heavy atom. The van der Waals surface area contributed by atoms with Crippen LogP contribution in [0.15, 0.2) is 63.6 Å². The Morgan fingerprint density at radius 2 is 2.00 bits per heavy atom. The molecular formula is C17H11FN4O3S. The summed E-state index contributed by atoms with van der Waals surface area (Å²) in [6.07, 6.45) is 2.77. The third kappa shape index (κ3) is 4.19. The number of benzene rings is 2. The number of nitro benzene ring substituents is 1. The number of thioether (sulfide) groups is 1. The smallest absolute Gasteiger partial charge is 0.270 e. The zero-order valence-corrected chi connectivity index (χ0v) is 13.9. The van der Waals surface area contributed by atoms with Crippen LogP contribution in [0, 0.1) is 15.9 Å². The molecule has 0 spiro atoms. The summed E-state index contributed by atoms with van der Waals surface area (Å²) in [5.74, 6) is -0.829. The molecule has 1 saturated heterocycles. The molecule has 0 bridgehead atoms. The quantitative estimate of drug-likeness (QED) is 0.386. The molecule has 0 unspecified atom stereocenters. The number of rotatable bonds is 4. The number of amides is 1. The molecule has 1 aliphatic heterocycles. The van der Waals surface area contributed by atoms with Gasteiger partial charge < -0.3 is 0 Å². The van der Waals surface area contributed by atoms with E-state index in [1.54, 1.807) is 24.3 Å². The Hall–Kier alpha value is -3.33. The van der Waals surface area contributed by atoms with Crippen LogP contribution >= 0.6 is 11.8 Å². The summed E-state index contributed by atoms with van der Waals surface area (Å²) in [7, 11) is 0. The Labute approximate surface area is 151 Å². The van der Waals surface area contributed by atoms with E-state index in [1.807, 2.05) is 0 Å². The van der Waals surface area contributed by atoms with Crippen molar-refractivity contribution in [1.82, 2.24) is 5.32 Å². The summed E-state index contributed by atoms with van der Waals surface area (Å²) in [4.78, 5) is 22.4. The summed E-state index contributed by atoms with van der Waals surface area (Å²) in [5, 5.41) is 21.2. The van der Waals surface area contributed by atoms with Gasteiger partial charge in [-0.15, -0.1) is 5.10 Å². The van der Waals surface area contributed by atoms with Gasteiger partial charge in [0.15, 0.2) is 5.17 Å². The molecule has 7 nitrogen and oxygen atoms in total. The maximum Gasteiger partial charge on any atom is 0.270 e. The van der Waals surface area contributed by atoms with Crippen LogP contribution < -0.4 is 5.32 Å². The molecule has 0 radical (unpaired) electrons. The van der Waals surface area contributed by atoms with Gasteiger partial charge in [-0.05, 0) is 23.9 Å². The molecule has 0 aliphatic carbocycles. The van der Waals surface area contributed by atoms with E-state index >= 15 is 0 Å². The Morgan fingerprint density at radius 3 is 2.77 bits per heavy atom. The fraction of sp³-hybridized carbons (Fsp3) is 0. The van der Waals surface area contributed by atoms with Crippen molar-refractivity contribution in [2.45, 2.75) is 0 Å². The summed E-state index contributed by atoms with van der Waals surface area (Å²) >= 11 is 1.03. The van der Waals surface area contributed by atoms with Crippen molar-refractivity contribution in [1.29, 1.82) is 0 Å².